The van der Waals surface area contributed by atoms with Crippen LogP contribution in [-0.4, -0.2) is 36.9 Å². The Bertz CT molecular complexity index is 996. The monoisotopic (exact) mass is 438 g/mol. The number of methoxy groups -OCH3 is 1. The lowest BCUT2D eigenvalue weighted by atomic mass is 9.85. The molecule has 0 saturated carbocycles. The van der Waals surface area contributed by atoms with Crippen LogP contribution in [0.1, 0.15) is 46.7 Å². The normalized spacial score (nSPS) is 12.1. The van der Waals surface area contributed by atoms with E-state index >= 15 is 0 Å². The summed E-state index contributed by atoms with van der Waals surface area (Å²) in [5.41, 5.74) is 1.40. The number of rotatable bonds is 10. The highest BCUT2D eigenvalue weighted by Gasteiger charge is 2.31. The van der Waals surface area contributed by atoms with Crippen molar-refractivity contribution in [3.05, 3.63) is 29.5 Å². The summed E-state index contributed by atoms with van der Waals surface area (Å²) in [6.45, 7) is 9.53. The van der Waals surface area contributed by atoms with E-state index in [0.29, 0.717) is 23.4 Å². The molecule has 0 saturated heterocycles. The Hall–Kier alpha value is -2.15. The molecule has 0 aliphatic rings. The second-order valence-corrected chi connectivity index (χ2v) is 9.59. The van der Waals surface area contributed by atoms with Crippen molar-refractivity contribution in [3.8, 4) is 5.75 Å². The molecule has 8 nitrogen and oxygen atoms in total. The zero-order chi connectivity index (χ0) is 22.7. The van der Waals surface area contributed by atoms with Gasteiger partial charge in [-0.1, -0.05) is 20.8 Å². The average Bonchev–Trinajstić information content (AvgIpc) is 3.08. The maximum Gasteiger partial charge on any atom is 0.529 e. The molecule has 1 heterocycles. The molecular weight excluding hydrogens is 407 g/mol. The average molecular weight is 438 g/mol. The summed E-state index contributed by atoms with van der Waals surface area (Å²) in [5.74, 6) is 0.970. The van der Waals surface area contributed by atoms with Crippen molar-refractivity contribution in [2.24, 2.45) is 5.41 Å². The quantitative estimate of drug-likeness (QED) is 0.371. The Morgan fingerprint density at radius 1 is 1.17 bits per heavy atom. The van der Waals surface area contributed by atoms with E-state index in [1.54, 1.807) is 17.9 Å². The predicted octanol–water partition coefficient (Wildman–Crippen LogP) is 5.22. The number of carbonyl (C=O) groups excluding carboxylic acids is 1. The molecule has 0 unspecified atom stereocenters. The minimum absolute atomic E-state index is 0.0582. The van der Waals surface area contributed by atoms with Gasteiger partial charge in [0.25, 0.3) is 0 Å². The number of ketones is 1. The first-order valence-corrected chi connectivity index (χ1v) is 11.1. The number of hydrogen-bond donors (Lipinski definition) is 0. The predicted molar refractivity (Wildman–Crippen MR) is 116 cm³/mol. The van der Waals surface area contributed by atoms with Crippen molar-refractivity contribution in [1.29, 1.82) is 0 Å². The molecule has 0 fully saturated rings. The molecule has 0 bridgehead atoms. The van der Waals surface area contributed by atoms with Gasteiger partial charge < -0.3 is 9.26 Å². The first kappa shape index (κ1) is 24.1. The highest BCUT2D eigenvalue weighted by atomic mass is 31.2. The summed E-state index contributed by atoms with van der Waals surface area (Å²) in [7, 11) is 0.277. The second-order valence-electron chi connectivity index (χ2n) is 7.78. The van der Waals surface area contributed by atoms with Crippen molar-refractivity contribution in [3.63, 3.8) is 0 Å². The first-order valence-electron chi connectivity index (χ1n) is 9.68. The summed E-state index contributed by atoms with van der Waals surface area (Å²) in [6.07, 6.45) is 0.717. The second kappa shape index (κ2) is 9.33. The fourth-order valence-electron chi connectivity index (χ4n) is 2.75. The molecule has 0 aliphatic heterocycles. The van der Waals surface area contributed by atoms with E-state index in [0.717, 1.165) is 11.0 Å². The third kappa shape index (κ3) is 4.94. The smallest absolute Gasteiger partial charge is 0.497 e. The minimum Gasteiger partial charge on any atom is -0.497 e. The summed E-state index contributed by atoms with van der Waals surface area (Å²) in [4.78, 5) is 12.9. The number of phosphoric ester groups is 1. The van der Waals surface area contributed by atoms with Crippen LogP contribution in [0.2, 0.25) is 0 Å². The Labute approximate surface area is 177 Å². The van der Waals surface area contributed by atoms with Gasteiger partial charge in [0.2, 0.25) is 0 Å². The van der Waals surface area contributed by atoms with E-state index < -0.39 is 13.2 Å². The van der Waals surface area contributed by atoms with Crippen LogP contribution in [0.15, 0.2) is 23.8 Å². The van der Waals surface area contributed by atoms with Crippen molar-refractivity contribution < 1.29 is 27.7 Å². The molecule has 0 spiro atoms. The molecule has 0 aliphatic carbocycles. The Morgan fingerprint density at radius 2 is 1.80 bits per heavy atom. The van der Waals surface area contributed by atoms with E-state index in [1.807, 2.05) is 46.8 Å². The first-order chi connectivity index (χ1) is 14.0. The SMILES string of the molecule is CCC(C)(C)C(=O)Cn1nc(C(OP(=O)(OC)OC)=C(C)C)c2ccc(OC)cc21. The van der Waals surface area contributed by atoms with E-state index in [9.17, 15) is 9.36 Å². The Morgan fingerprint density at radius 3 is 2.30 bits per heavy atom. The molecule has 2 aromatic rings. The molecule has 0 radical (unpaired) electrons. The van der Waals surface area contributed by atoms with Gasteiger partial charge in [0, 0.05) is 31.1 Å². The number of carbonyl (C=O) groups is 1. The van der Waals surface area contributed by atoms with Gasteiger partial charge in [0.15, 0.2) is 11.5 Å². The van der Waals surface area contributed by atoms with Gasteiger partial charge >= 0.3 is 7.82 Å². The van der Waals surface area contributed by atoms with Crippen LogP contribution in [0, 0.1) is 5.41 Å². The summed E-state index contributed by atoms with van der Waals surface area (Å²) in [6, 6.07) is 5.44. The number of nitrogens with zero attached hydrogens (tertiary/aromatic N) is 2. The molecule has 2 rings (SSSR count). The zero-order valence-corrected chi connectivity index (χ0v) is 19.8. The van der Waals surface area contributed by atoms with Crippen LogP contribution >= 0.6 is 7.82 Å². The molecule has 0 N–H and O–H groups in total. The fourth-order valence-corrected chi connectivity index (χ4v) is 3.54. The number of aromatic nitrogens is 2. The topological polar surface area (TPSA) is 88.9 Å². The lowest BCUT2D eigenvalue weighted by molar-refractivity contribution is -0.128. The number of hydrogen-bond acceptors (Lipinski definition) is 7. The van der Waals surface area contributed by atoms with Gasteiger partial charge in [-0.2, -0.15) is 5.10 Å². The van der Waals surface area contributed by atoms with E-state index in [2.05, 4.69) is 5.10 Å². The molecule has 1 aromatic heterocycles. The number of phosphoric acid groups is 1. The maximum absolute atomic E-state index is 12.9. The lowest BCUT2D eigenvalue weighted by Crippen LogP contribution is -2.27. The van der Waals surface area contributed by atoms with Gasteiger partial charge in [-0.15, -0.1) is 0 Å². The van der Waals surface area contributed by atoms with Crippen LogP contribution in [0.4, 0.5) is 0 Å². The van der Waals surface area contributed by atoms with E-state index in [1.165, 1.54) is 14.2 Å². The largest absolute Gasteiger partial charge is 0.529 e. The number of allylic oxidation sites excluding steroid dienone is 1. The molecule has 1 aromatic carbocycles. The van der Waals surface area contributed by atoms with Crippen LogP contribution in [-0.2, 0) is 29.5 Å². The third-order valence-electron chi connectivity index (χ3n) is 5.21. The Kier molecular flexibility index (Phi) is 7.50. The maximum atomic E-state index is 12.9. The Balaban J connectivity index is 2.67. The van der Waals surface area contributed by atoms with Crippen LogP contribution < -0.4 is 4.74 Å². The van der Waals surface area contributed by atoms with E-state index in [-0.39, 0.29) is 18.1 Å². The van der Waals surface area contributed by atoms with Gasteiger partial charge in [0.1, 0.15) is 18.0 Å². The molecule has 166 valence electrons. The van der Waals surface area contributed by atoms with Gasteiger partial charge in [-0.3, -0.25) is 18.5 Å². The van der Waals surface area contributed by atoms with Gasteiger partial charge in [-0.05, 0) is 38.0 Å². The summed E-state index contributed by atoms with van der Waals surface area (Å²) >= 11 is 0. The van der Waals surface area contributed by atoms with Crippen LogP contribution in [0.25, 0.3) is 16.7 Å². The standard InChI is InChI=1S/C21H31N2O6P/c1-9-21(4,5)18(24)13-23-17-12-15(26-6)10-11-16(17)19(22-23)20(14(2)3)29-30(25,27-7)28-8/h10-12H,9,13H2,1-8H3. The summed E-state index contributed by atoms with van der Waals surface area (Å²) in [5, 5.41) is 5.38. The van der Waals surface area contributed by atoms with E-state index in [4.69, 9.17) is 18.3 Å². The fraction of sp³-hybridized carbons (Fsp3) is 0.524. The molecule has 0 amide bonds. The highest BCUT2D eigenvalue weighted by Crippen LogP contribution is 2.52. The van der Waals surface area contributed by atoms with Crippen molar-refractivity contribution in [2.45, 2.75) is 47.6 Å². The van der Waals surface area contributed by atoms with Crippen molar-refractivity contribution >= 4 is 30.3 Å². The minimum atomic E-state index is -3.80. The lowest BCUT2D eigenvalue weighted by Gasteiger charge is -2.20. The van der Waals surface area contributed by atoms with Crippen molar-refractivity contribution in [2.75, 3.05) is 21.3 Å². The number of fused-ring (bicyclic) bond motifs is 1. The van der Waals surface area contributed by atoms with Gasteiger partial charge in [-0.25, -0.2) is 4.57 Å². The van der Waals surface area contributed by atoms with Gasteiger partial charge in [0.05, 0.1) is 12.6 Å². The van der Waals surface area contributed by atoms with Crippen LogP contribution in [0.5, 0.6) is 5.75 Å². The number of benzene rings is 1. The molecule has 0 atom stereocenters. The molecular formula is C21H31N2O6P. The van der Waals surface area contributed by atoms with Crippen LogP contribution in [0.3, 0.4) is 0 Å². The number of Topliss-reactive ketones (excluding diaryl/α,β-unsaturated/α-hetero) is 1. The van der Waals surface area contributed by atoms with Crippen molar-refractivity contribution in [1.82, 2.24) is 9.78 Å². The highest BCUT2D eigenvalue weighted by molar-refractivity contribution is 7.48. The third-order valence-corrected chi connectivity index (χ3v) is 6.51. The summed E-state index contributed by atoms with van der Waals surface area (Å²) < 4.78 is 35.1. The molecule has 30 heavy (non-hydrogen) atoms. The number of ether oxygens (including phenoxy) is 1. The zero-order valence-electron chi connectivity index (χ0n) is 18.9. The molecule has 9 heteroatoms.